The Hall–Kier alpha value is -0.610. The Labute approximate surface area is 110 Å². The van der Waals surface area contributed by atoms with Crippen molar-refractivity contribution in [3.8, 4) is 0 Å². The van der Waals surface area contributed by atoms with E-state index in [1.165, 1.54) is 38.5 Å². The van der Waals surface area contributed by atoms with Gasteiger partial charge in [0.25, 0.3) is 0 Å². The van der Waals surface area contributed by atoms with E-state index >= 15 is 0 Å². The van der Waals surface area contributed by atoms with Crippen molar-refractivity contribution in [2.75, 3.05) is 26.2 Å². The van der Waals surface area contributed by atoms with E-state index in [4.69, 9.17) is 0 Å². The third-order valence-electron chi connectivity index (χ3n) is 4.21. The monoisotopic (exact) mass is 253 g/mol. The molecular weight excluding hydrogens is 226 g/mol. The van der Waals surface area contributed by atoms with Crippen LogP contribution in [0.5, 0.6) is 0 Å². The maximum absolute atomic E-state index is 12.1. The van der Waals surface area contributed by atoms with Gasteiger partial charge >= 0.3 is 0 Å². The topological polar surface area (TPSA) is 44.4 Å². The standard InChI is InChI=1S/C14H27N3O/c1-12-10-15-8-9-17(12)11-14(18)16-13-6-4-2-3-5-7-13/h12-13,15H,2-11H2,1H3,(H,16,18)/t12-/m0/s1. The Bertz CT molecular complexity index is 262. The molecule has 1 saturated carbocycles. The van der Waals surface area contributed by atoms with Gasteiger partial charge in [0.15, 0.2) is 0 Å². The molecule has 2 N–H and O–H groups in total. The Morgan fingerprint density at radius 2 is 2.00 bits per heavy atom. The minimum atomic E-state index is 0.218. The Morgan fingerprint density at radius 3 is 2.67 bits per heavy atom. The zero-order valence-corrected chi connectivity index (χ0v) is 11.6. The van der Waals surface area contributed by atoms with Crippen molar-refractivity contribution in [1.82, 2.24) is 15.5 Å². The number of hydrogen-bond donors (Lipinski definition) is 2. The van der Waals surface area contributed by atoms with Crippen molar-refractivity contribution >= 4 is 5.91 Å². The lowest BCUT2D eigenvalue weighted by atomic mass is 10.1. The fraction of sp³-hybridized carbons (Fsp3) is 0.929. The molecule has 1 atom stereocenters. The summed E-state index contributed by atoms with van der Waals surface area (Å²) in [5.41, 5.74) is 0. The second-order valence-electron chi connectivity index (χ2n) is 5.78. The number of piperazine rings is 1. The van der Waals surface area contributed by atoms with Gasteiger partial charge in [-0.25, -0.2) is 0 Å². The number of nitrogens with zero attached hydrogens (tertiary/aromatic N) is 1. The second-order valence-corrected chi connectivity index (χ2v) is 5.78. The van der Waals surface area contributed by atoms with E-state index in [-0.39, 0.29) is 5.91 Å². The van der Waals surface area contributed by atoms with Crippen LogP contribution in [0, 0.1) is 0 Å². The molecule has 0 aromatic rings. The fourth-order valence-corrected chi connectivity index (χ4v) is 3.00. The van der Waals surface area contributed by atoms with E-state index in [1.807, 2.05) is 0 Å². The molecule has 4 nitrogen and oxygen atoms in total. The number of hydrogen-bond acceptors (Lipinski definition) is 3. The highest BCUT2D eigenvalue weighted by atomic mass is 16.2. The molecule has 1 aliphatic heterocycles. The smallest absolute Gasteiger partial charge is 0.234 e. The Balaban J connectivity index is 1.73. The number of nitrogens with one attached hydrogen (secondary N) is 2. The van der Waals surface area contributed by atoms with Crippen molar-refractivity contribution in [3.05, 3.63) is 0 Å². The average molecular weight is 253 g/mol. The molecule has 0 unspecified atom stereocenters. The maximum Gasteiger partial charge on any atom is 0.234 e. The van der Waals surface area contributed by atoms with Crippen LogP contribution in [0.3, 0.4) is 0 Å². The molecule has 1 heterocycles. The zero-order chi connectivity index (χ0) is 12.8. The van der Waals surface area contributed by atoms with Gasteiger partial charge in [-0.15, -0.1) is 0 Å². The molecule has 0 bridgehead atoms. The van der Waals surface area contributed by atoms with Gasteiger partial charge in [-0.2, -0.15) is 0 Å². The van der Waals surface area contributed by atoms with Gasteiger partial charge in [0.05, 0.1) is 6.54 Å². The summed E-state index contributed by atoms with van der Waals surface area (Å²) in [6.45, 7) is 5.74. The lowest BCUT2D eigenvalue weighted by molar-refractivity contribution is -0.123. The minimum absolute atomic E-state index is 0.218. The van der Waals surface area contributed by atoms with Crippen LogP contribution in [-0.4, -0.2) is 49.1 Å². The summed E-state index contributed by atoms with van der Waals surface area (Å²) in [6.07, 6.45) is 7.55. The van der Waals surface area contributed by atoms with Crippen LogP contribution in [0.1, 0.15) is 45.4 Å². The first-order valence-electron chi connectivity index (χ1n) is 7.50. The molecule has 0 radical (unpaired) electrons. The van der Waals surface area contributed by atoms with Crippen molar-refractivity contribution in [1.29, 1.82) is 0 Å². The lowest BCUT2D eigenvalue weighted by Gasteiger charge is -2.33. The average Bonchev–Trinajstić information content (AvgIpc) is 2.61. The van der Waals surface area contributed by atoms with Crippen molar-refractivity contribution in [2.45, 2.75) is 57.5 Å². The van der Waals surface area contributed by atoms with E-state index in [9.17, 15) is 4.79 Å². The maximum atomic E-state index is 12.1. The summed E-state index contributed by atoms with van der Waals surface area (Å²) < 4.78 is 0. The van der Waals surface area contributed by atoms with Gasteiger partial charge in [-0.3, -0.25) is 9.69 Å². The van der Waals surface area contributed by atoms with E-state index in [2.05, 4.69) is 22.5 Å². The molecule has 18 heavy (non-hydrogen) atoms. The van der Waals surface area contributed by atoms with Crippen molar-refractivity contribution in [3.63, 3.8) is 0 Å². The van der Waals surface area contributed by atoms with E-state index < -0.39 is 0 Å². The van der Waals surface area contributed by atoms with Gasteiger partial charge in [-0.05, 0) is 19.8 Å². The summed E-state index contributed by atoms with van der Waals surface area (Å²) in [4.78, 5) is 14.3. The highest BCUT2D eigenvalue weighted by Gasteiger charge is 2.21. The van der Waals surface area contributed by atoms with Crippen LogP contribution in [0.4, 0.5) is 0 Å². The van der Waals surface area contributed by atoms with Crippen LogP contribution in [0.25, 0.3) is 0 Å². The van der Waals surface area contributed by atoms with Gasteiger partial charge in [0, 0.05) is 31.7 Å². The predicted octanol–water partition coefficient (Wildman–Crippen LogP) is 1.12. The third-order valence-corrected chi connectivity index (χ3v) is 4.21. The number of carbonyl (C=O) groups excluding carboxylic acids is 1. The molecule has 4 heteroatoms. The fourth-order valence-electron chi connectivity index (χ4n) is 3.00. The van der Waals surface area contributed by atoms with Crippen LogP contribution in [-0.2, 0) is 4.79 Å². The van der Waals surface area contributed by atoms with Gasteiger partial charge in [-0.1, -0.05) is 25.7 Å². The molecule has 2 rings (SSSR count). The molecule has 2 aliphatic rings. The molecule has 0 aromatic heterocycles. The lowest BCUT2D eigenvalue weighted by Crippen LogP contribution is -2.53. The zero-order valence-electron chi connectivity index (χ0n) is 11.6. The molecule has 0 spiro atoms. The van der Waals surface area contributed by atoms with Crippen LogP contribution >= 0.6 is 0 Å². The summed E-state index contributed by atoms with van der Waals surface area (Å²) in [7, 11) is 0. The quantitative estimate of drug-likeness (QED) is 0.741. The number of amides is 1. The summed E-state index contributed by atoms with van der Waals surface area (Å²) in [5.74, 6) is 0.218. The van der Waals surface area contributed by atoms with Crippen molar-refractivity contribution in [2.24, 2.45) is 0 Å². The van der Waals surface area contributed by atoms with Gasteiger partial charge in [0.2, 0.25) is 5.91 Å². The molecule has 1 aliphatic carbocycles. The molecule has 0 aromatic carbocycles. The first-order chi connectivity index (χ1) is 8.75. The molecule has 2 fully saturated rings. The predicted molar refractivity (Wildman–Crippen MR) is 73.5 cm³/mol. The second kappa shape index (κ2) is 7.10. The van der Waals surface area contributed by atoms with Crippen LogP contribution < -0.4 is 10.6 Å². The van der Waals surface area contributed by atoms with Crippen LogP contribution in [0.2, 0.25) is 0 Å². The van der Waals surface area contributed by atoms with Crippen LogP contribution in [0.15, 0.2) is 0 Å². The van der Waals surface area contributed by atoms with E-state index in [0.29, 0.717) is 18.6 Å². The largest absolute Gasteiger partial charge is 0.352 e. The number of rotatable bonds is 3. The summed E-state index contributed by atoms with van der Waals surface area (Å²) >= 11 is 0. The van der Waals surface area contributed by atoms with E-state index in [0.717, 1.165) is 19.6 Å². The first kappa shape index (κ1) is 13.8. The highest BCUT2D eigenvalue weighted by molar-refractivity contribution is 5.78. The van der Waals surface area contributed by atoms with Gasteiger partial charge < -0.3 is 10.6 Å². The molecular formula is C14H27N3O. The van der Waals surface area contributed by atoms with Gasteiger partial charge in [0.1, 0.15) is 0 Å². The minimum Gasteiger partial charge on any atom is -0.352 e. The highest BCUT2D eigenvalue weighted by Crippen LogP contribution is 2.17. The third kappa shape index (κ3) is 4.25. The summed E-state index contributed by atoms with van der Waals surface area (Å²) in [5, 5.41) is 6.58. The first-order valence-corrected chi connectivity index (χ1v) is 7.50. The van der Waals surface area contributed by atoms with E-state index in [1.54, 1.807) is 0 Å². The Kier molecular flexibility index (Phi) is 5.45. The SMILES string of the molecule is C[C@H]1CNCCN1CC(=O)NC1CCCCCC1. The van der Waals surface area contributed by atoms with Crippen molar-refractivity contribution < 1.29 is 4.79 Å². The normalized spacial score (nSPS) is 27.7. The Morgan fingerprint density at radius 1 is 1.28 bits per heavy atom. The number of carbonyl (C=O) groups is 1. The summed E-state index contributed by atoms with van der Waals surface area (Å²) in [6, 6.07) is 0.900. The molecule has 1 saturated heterocycles. The molecule has 1 amide bonds. The molecule has 104 valence electrons.